The molecule has 1 amide bonds. The molecular formula is C21H19BrN2O3. The van der Waals surface area contributed by atoms with Crippen LogP contribution in [0.2, 0.25) is 0 Å². The van der Waals surface area contributed by atoms with Crippen molar-refractivity contribution in [3.63, 3.8) is 0 Å². The van der Waals surface area contributed by atoms with Crippen LogP contribution >= 0.6 is 15.9 Å². The first-order chi connectivity index (χ1) is 13.1. The van der Waals surface area contributed by atoms with Gasteiger partial charge < -0.3 is 14.8 Å². The molecule has 1 N–H and O–H groups in total. The number of aromatic nitrogens is 1. The lowest BCUT2D eigenvalue weighted by atomic mass is 10.1. The zero-order valence-corrected chi connectivity index (χ0v) is 16.4. The number of benzene rings is 2. The molecule has 0 saturated carbocycles. The number of ether oxygens (including phenoxy) is 2. The van der Waals surface area contributed by atoms with Crippen molar-refractivity contribution in [1.82, 2.24) is 4.98 Å². The van der Waals surface area contributed by atoms with Gasteiger partial charge in [0, 0.05) is 0 Å². The molecule has 0 radical (unpaired) electrons. The molecular weight excluding hydrogens is 408 g/mol. The van der Waals surface area contributed by atoms with Gasteiger partial charge in [0.05, 0.1) is 13.5 Å². The van der Waals surface area contributed by atoms with E-state index in [0.717, 1.165) is 11.1 Å². The van der Waals surface area contributed by atoms with Gasteiger partial charge in [-0.05, 0) is 51.3 Å². The van der Waals surface area contributed by atoms with Gasteiger partial charge in [0.15, 0.2) is 11.5 Å². The fraction of sp³-hybridized carbons (Fsp3) is 0.143. The van der Waals surface area contributed by atoms with Crippen LogP contribution < -0.4 is 14.8 Å². The van der Waals surface area contributed by atoms with Crippen molar-refractivity contribution < 1.29 is 14.3 Å². The second kappa shape index (κ2) is 9.19. The van der Waals surface area contributed by atoms with Gasteiger partial charge in [0.2, 0.25) is 5.91 Å². The number of methoxy groups -OCH3 is 1. The largest absolute Gasteiger partial charge is 0.493 e. The molecule has 0 fully saturated rings. The maximum Gasteiger partial charge on any atom is 0.229 e. The highest BCUT2D eigenvalue weighted by molar-refractivity contribution is 9.10. The topological polar surface area (TPSA) is 60.5 Å². The van der Waals surface area contributed by atoms with E-state index in [4.69, 9.17) is 9.47 Å². The fourth-order valence-electron chi connectivity index (χ4n) is 2.53. The molecule has 0 aliphatic heterocycles. The van der Waals surface area contributed by atoms with E-state index in [1.54, 1.807) is 19.2 Å². The molecule has 3 aromatic rings. The van der Waals surface area contributed by atoms with Crippen LogP contribution in [-0.2, 0) is 17.8 Å². The summed E-state index contributed by atoms with van der Waals surface area (Å²) in [6, 6.07) is 20.8. The Bertz CT molecular complexity index is 916. The number of nitrogens with one attached hydrogen (secondary N) is 1. The molecule has 1 heterocycles. The summed E-state index contributed by atoms with van der Waals surface area (Å²) < 4.78 is 11.9. The minimum absolute atomic E-state index is 0.152. The van der Waals surface area contributed by atoms with E-state index in [-0.39, 0.29) is 12.3 Å². The molecule has 1 aromatic heterocycles. The number of nitrogens with zero attached hydrogens (tertiary/aromatic N) is 1. The summed E-state index contributed by atoms with van der Waals surface area (Å²) >= 11 is 3.28. The molecule has 3 rings (SSSR count). The Kier molecular flexibility index (Phi) is 6.44. The van der Waals surface area contributed by atoms with E-state index in [0.29, 0.717) is 28.5 Å². The highest BCUT2D eigenvalue weighted by Crippen LogP contribution is 2.29. The number of amides is 1. The van der Waals surface area contributed by atoms with Crippen LogP contribution in [0.1, 0.15) is 11.1 Å². The molecule has 0 aliphatic rings. The lowest BCUT2D eigenvalue weighted by molar-refractivity contribution is -0.115. The summed E-state index contributed by atoms with van der Waals surface area (Å²) in [5, 5.41) is 2.78. The van der Waals surface area contributed by atoms with Crippen LogP contribution in [0.25, 0.3) is 0 Å². The van der Waals surface area contributed by atoms with Crippen LogP contribution in [0.4, 0.5) is 5.82 Å². The van der Waals surface area contributed by atoms with Crippen molar-refractivity contribution in [2.75, 3.05) is 12.4 Å². The van der Waals surface area contributed by atoms with Crippen molar-refractivity contribution in [3.05, 3.63) is 82.5 Å². The Morgan fingerprint density at radius 3 is 2.56 bits per heavy atom. The molecule has 138 valence electrons. The molecule has 6 heteroatoms. The van der Waals surface area contributed by atoms with Gasteiger partial charge in [0.25, 0.3) is 0 Å². The fourth-order valence-corrected chi connectivity index (χ4v) is 2.87. The molecule has 0 unspecified atom stereocenters. The van der Waals surface area contributed by atoms with Gasteiger partial charge >= 0.3 is 0 Å². The first kappa shape index (κ1) is 18.9. The summed E-state index contributed by atoms with van der Waals surface area (Å²) in [6.45, 7) is 0.450. The number of hydrogen-bond donors (Lipinski definition) is 1. The molecule has 27 heavy (non-hydrogen) atoms. The first-order valence-electron chi connectivity index (χ1n) is 8.40. The van der Waals surface area contributed by atoms with Gasteiger partial charge in [-0.3, -0.25) is 4.79 Å². The van der Waals surface area contributed by atoms with Gasteiger partial charge in [-0.2, -0.15) is 0 Å². The van der Waals surface area contributed by atoms with Crippen molar-refractivity contribution in [2.24, 2.45) is 0 Å². The van der Waals surface area contributed by atoms with Crippen molar-refractivity contribution in [3.8, 4) is 11.5 Å². The Morgan fingerprint density at radius 2 is 1.81 bits per heavy atom. The van der Waals surface area contributed by atoms with E-state index >= 15 is 0 Å². The third-order valence-electron chi connectivity index (χ3n) is 3.81. The molecule has 5 nitrogen and oxygen atoms in total. The Hall–Kier alpha value is -2.86. The zero-order chi connectivity index (χ0) is 19.1. The third-order valence-corrected chi connectivity index (χ3v) is 4.25. The SMILES string of the molecule is COc1cc(CC(=O)Nc2cccc(Br)n2)ccc1OCc1ccccc1. The quantitative estimate of drug-likeness (QED) is 0.560. The van der Waals surface area contributed by atoms with Crippen LogP contribution in [0, 0.1) is 0 Å². The number of rotatable bonds is 7. The first-order valence-corrected chi connectivity index (χ1v) is 9.19. The monoisotopic (exact) mass is 426 g/mol. The molecule has 0 spiro atoms. The Morgan fingerprint density at radius 1 is 1.00 bits per heavy atom. The molecule has 2 aromatic carbocycles. The van der Waals surface area contributed by atoms with Gasteiger partial charge in [-0.15, -0.1) is 0 Å². The summed E-state index contributed by atoms with van der Waals surface area (Å²) in [7, 11) is 1.58. The summed E-state index contributed by atoms with van der Waals surface area (Å²) in [6.07, 6.45) is 0.212. The van der Waals surface area contributed by atoms with Crippen molar-refractivity contribution in [2.45, 2.75) is 13.0 Å². The van der Waals surface area contributed by atoms with E-state index in [9.17, 15) is 4.79 Å². The van der Waals surface area contributed by atoms with Crippen LogP contribution in [-0.4, -0.2) is 18.0 Å². The van der Waals surface area contributed by atoms with Crippen LogP contribution in [0.3, 0.4) is 0 Å². The predicted molar refractivity (Wildman–Crippen MR) is 108 cm³/mol. The predicted octanol–water partition coefficient (Wildman–Crippen LogP) is 4.61. The minimum Gasteiger partial charge on any atom is -0.493 e. The number of carbonyl (C=O) groups is 1. The summed E-state index contributed by atoms with van der Waals surface area (Å²) in [4.78, 5) is 16.4. The highest BCUT2D eigenvalue weighted by Gasteiger charge is 2.10. The molecule has 0 bridgehead atoms. The lowest BCUT2D eigenvalue weighted by Gasteiger charge is -2.12. The van der Waals surface area contributed by atoms with E-state index in [1.807, 2.05) is 54.6 Å². The Labute approximate surface area is 166 Å². The second-order valence-electron chi connectivity index (χ2n) is 5.83. The van der Waals surface area contributed by atoms with Gasteiger partial charge in [-0.25, -0.2) is 4.98 Å². The number of halogens is 1. The standard InChI is InChI=1S/C21H19BrN2O3/c1-26-18-12-16(13-21(25)24-20-9-5-8-19(22)23-20)10-11-17(18)27-14-15-6-3-2-4-7-15/h2-12H,13-14H2,1H3,(H,23,24,25). The van der Waals surface area contributed by atoms with E-state index < -0.39 is 0 Å². The Balaban J connectivity index is 1.63. The summed E-state index contributed by atoms with van der Waals surface area (Å²) in [5.41, 5.74) is 1.90. The number of anilines is 1. The zero-order valence-electron chi connectivity index (χ0n) is 14.8. The van der Waals surface area contributed by atoms with Crippen molar-refractivity contribution in [1.29, 1.82) is 0 Å². The van der Waals surface area contributed by atoms with Crippen molar-refractivity contribution >= 4 is 27.7 Å². The lowest BCUT2D eigenvalue weighted by Crippen LogP contribution is -2.15. The smallest absolute Gasteiger partial charge is 0.229 e. The maximum atomic E-state index is 12.2. The number of pyridine rings is 1. The van der Waals surface area contributed by atoms with Gasteiger partial charge in [-0.1, -0.05) is 42.5 Å². The maximum absolute atomic E-state index is 12.2. The molecule has 0 saturated heterocycles. The average molecular weight is 427 g/mol. The highest BCUT2D eigenvalue weighted by atomic mass is 79.9. The van der Waals surface area contributed by atoms with Crippen LogP contribution in [0.15, 0.2) is 71.3 Å². The van der Waals surface area contributed by atoms with Gasteiger partial charge in [0.1, 0.15) is 17.0 Å². The second-order valence-corrected chi connectivity index (χ2v) is 6.64. The number of carbonyl (C=O) groups excluding carboxylic acids is 1. The normalized spacial score (nSPS) is 10.3. The molecule has 0 atom stereocenters. The molecule has 0 aliphatic carbocycles. The third kappa shape index (κ3) is 5.56. The summed E-state index contributed by atoms with van der Waals surface area (Å²) in [5.74, 6) is 1.58. The van der Waals surface area contributed by atoms with E-state index in [1.165, 1.54) is 0 Å². The average Bonchev–Trinajstić information content (AvgIpc) is 2.67. The van der Waals surface area contributed by atoms with E-state index in [2.05, 4.69) is 26.2 Å². The number of hydrogen-bond acceptors (Lipinski definition) is 4. The van der Waals surface area contributed by atoms with Crippen LogP contribution in [0.5, 0.6) is 11.5 Å². The minimum atomic E-state index is -0.152.